The minimum absolute atomic E-state index is 0. The average molecular weight is 402 g/mol. The molecule has 4 heterocycles. The molecule has 25 heavy (non-hydrogen) atoms. The van der Waals surface area contributed by atoms with Gasteiger partial charge in [0.25, 0.3) is 5.91 Å². The van der Waals surface area contributed by atoms with Crippen LogP contribution in [0.5, 0.6) is 0 Å². The number of fused-ring (bicyclic) bond motifs is 1. The van der Waals surface area contributed by atoms with E-state index in [9.17, 15) is 4.79 Å². The third-order valence-corrected chi connectivity index (χ3v) is 5.76. The Morgan fingerprint density at radius 3 is 2.36 bits per heavy atom. The smallest absolute Gasteiger partial charge is 0.265 e. The Hall–Kier alpha value is -1.28. The van der Waals surface area contributed by atoms with Gasteiger partial charge >= 0.3 is 0 Å². The van der Waals surface area contributed by atoms with E-state index in [0.717, 1.165) is 50.9 Å². The lowest BCUT2D eigenvalue weighted by molar-refractivity contribution is 0.0763. The SMILES string of the molecule is Cl.Cl.O=C(c1cnc(-c2ncccn2)s1)N1CC[C@@H]2CNC[C@@H]2CC1. The number of thiazole rings is 1. The molecule has 2 aliphatic rings. The molecule has 0 bridgehead atoms. The number of aromatic nitrogens is 3. The minimum atomic E-state index is 0. The van der Waals surface area contributed by atoms with E-state index in [1.165, 1.54) is 11.3 Å². The molecule has 2 saturated heterocycles. The van der Waals surface area contributed by atoms with Crippen LogP contribution >= 0.6 is 36.2 Å². The highest BCUT2D eigenvalue weighted by Crippen LogP contribution is 2.29. The van der Waals surface area contributed by atoms with Crippen molar-refractivity contribution in [3.05, 3.63) is 29.5 Å². The van der Waals surface area contributed by atoms with Crippen LogP contribution < -0.4 is 5.32 Å². The molecule has 2 aromatic heterocycles. The quantitative estimate of drug-likeness (QED) is 0.836. The zero-order valence-corrected chi connectivity index (χ0v) is 16.1. The summed E-state index contributed by atoms with van der Waals surface area (Å²) < 4.78 is 0. The maximum absolute atomic E-state index is 12.8. The number of amides is 1. The van der Waals surface area contributed by atoms with E-state index in [2.05, 4.69) is 20.3 Å². The first-order valence-electron chi connectivity index (χ1n) is 8.04. The number of hydrogen-bond donors (Lipinski definition) is 1. The average Bonchev–Trinajstić information content (AvgIpc) is 3.21. The molecule has 9 heteroatoms. The molecule has 136 valence electrons. The Morgan fingerprint density at radius 2 is 1.72 bits per heavy atom. The molecule has 0 spiro atoms. The van der Waals surface area contributed by atoms with Gasteiger partial charge in [0.05, 0.1) is 6.20 Å². The van der Waals surface area contributed by atoms with Crippen molar-refractivity contribution in [2.24, 2.45) is 11.8 Å². The summed E-state index contributed by atoms with van der Waals surface area (Å²) in [6.45, 7) is 3.89. The van der Waals surface area contributed by atoms with Gasteiger partial charge < -0.3 is 10.2 Å². The zero-order chi connectivity index (χ0) is 15.6. The van der Waals surface area contributed by atoms with Gasteiger partial charge in [-0.05, 0) is 43.8 Å². The Morgan fingerprint density at radius 1 is 1.08 bits per heavy atom. The van der Waals surface area contributed by atoms with Gasteiger partial charge in [0.2, 0.25) is 0 Å². The Labute approximate surface area is 163 Å². The summed E-state index contributed by atoms with van der Waals surface area (Å²) in [6.07, 6.45) is 7.22. The largest absolute Gasteiger partial charge is 0.338 e. The van der Waals surface area contributed by atoms with Gasteiger partial charge in [0.15, 0.2) is 10.8 Å². The lowest BCUT2D eigenvalue weighted by Gasteiger charge is -2.19. The highest BCUT2D eigenvalue weighted by Gasteiger charge is 2.32. The normalized spacial score (nSPS) is 22.3. The summed E-state index contributed by atoms with van der Waals surface area (Å²) >= 11 is 1.38. The maximum Gasteiger partial charge on any atom is 0.265 e. The van der Waals surface area contributed by atoms with Crippen molar-refractivity contribution in [3.63, 3.8) is 0 Å². The number of hydrogen-bond acceptors (Lipinski definition) is 6. The second-order valence-electron chi connectivity index (χ2n) is 6.15. The minimum Gasteiger partial charge on any atom is -0.338 e. The fourth-order valence-corrected chi connectivity index (χ4v) is 4.30. The van der Waals surface area contributed by atoms with E-state index in [1.807, 2.05) is 4.90 Å². The fraction of sp³-hybridized carbons (Fsp3) is 0.500. The van der Waals surface area contributed by atoms with Crippen molar-refractivity contribution in [1.82, 2.24) is 25.2 Å². The van der Waals surface area contributed by atoms with Crippen LogP contribution in [0.25, 0.3) is 10.8 Å². The molecule has 1 N–H and O–H groups in total. The topological polar surface area (TPSA) is 71.0 Å². The molecule has 0 unspecified atom stereocenters. The van der Waals surface area contributed by atoms with Gasteiger partial charge in [-0.3, -0.25) is 4.79 Å². The van der Waals surface area contributed by atoms with Crippen molar-refractivity contribution in [3.8, 4) is 10.8 Å². The van der Waals surface area contributed by atoms with Gasteiger partial charge in [-0.2, -0.15) is 0 Å². The molecular formula is C16H21Cl2N5OS. The third kappa shape index (κ3) is 4.28. The van der Waals surface area contributed by atoms with Gasteiger partial charge in [-0.25, -0.2) is 15.0 Å². The van der Waals surface area contributed by atoms with Crippen LogP contribution in [0.2, 0.25) is 0 Å². The Bertz CT molecular complexity index is 685. The zero-order valence-electron chi connectivity index (χ0n) is 13.6. The molecule has 0 aliphatic carbocycles. The maximum atomic E-state index is 12.8. The van der Waals surface area contributed by atoms with E-state index in [1.54, 1.807) is 24.7 Å². The number of nitrogens with zero attached hydrogens (tertiary/aromatic N) is 4. The molecule has 0 aromatic carbocycles. The monoisotopic (exact) mass is 401 g/mol. The summed E-state index contributed by atoms with van der Waals surface area (Å²) in [4.78, 5) is 28.1. The first kappa shape index (κ1) is 20.0. The molecule has 1 amide bonds. The number of carbonyl (C=O) groups is 1. The predicted molar refractivity (Wildman–Crippen MR) is 103 cm³/mol. The molecule has 2 fully saturated rings. The molecule has 2 aliphatic heterocycles. The summed E-state index contributed by atoms with van der Waals surface area (Å²) in [5.74, 6) is 2.12. The van der Waals surface area contributed by atoms with Crippen LogP contribution in [0.15, 0.2) is 24.7 Å². The highest BCUT2D eigenvalue weighted by molar-refractivity contribution is 7.16. The standard InChI is InChI=1S/C16H19N5OS.2ClH/c22-16(21-6-2-11-8-17-9-12(11)3-7-21)13-10-20-15(23-13)14-18-4-1-5-19-14;;/h1,4-5,10-12,17H,2-3,6-9H2;2*1H/t11-,12+;;. The molecule has 2 atom stereocenters. The van der Waals surface area contributed by atoms with Crippen LogP contribution in [-0.4, -0.2) is 51.9 Å². The first-order chi connectivity index (χ1) is 11.3. The second kappa shape index (κ2) is 8.89. The predicted octanol–water partition coefficient (Wildman–Crippen LogP) is 2.52. The first-order valence-corrected chi connectivity index (χ1v) is 8.86. The molecule has 0 radical (unpaired) electrons. The number of likely N-dealkylation sites (tertiary alicyclic amines) is 1. The van der Waals surface area contributed by atoms with E-state index in [4.69, 9.17) is 0 Å². The van der Waals surface area contributed by atoms with Crippen LogP contribution in [0.3, 0.4) is 0 Å². The van der Waals surface area contributed by atoms with Crippen molar-refractivity contribution in [2.45, 2.75) is 12.8 Å². The van der Waals surface area contributed by atoms with Crippen LogP contribution in [0.1, 0.15) is 22.5 Å². The van der Waals surface area contributed by atoms with E-state index >= 15 is 0 Å². The summed E-state index contributed by atoms with van der Waals surface area (Å²) in [5.41, 5.74) is 0. The van der Waals surface area contributed by atoms with Crippen molar-refractivity contribution in [1.29, 1.82) is 0 Å². The molecular weight excluding hydrogens is 381 g/mol. The fourth-order valence-electron chi connectivity index (χ4n) is 3.46. The van der Waals surface area contributed by atoms with Crippen molar-refractivity contribution in [2.75, 3.05) is 26.2 Å². The lowest BCUT2D eigenvalue weighted by Crippen LogP contribution is -2.32. The van der Waals surface area contributed by atoms with Crippen LogP contribution in [-0.2, 0) is 0 Å². The van der Waals surface area contributed by atoms with E-state index in [0.29, 0.717) is 15.7 Å². The molecule has 0 saturated carbocycles. The van der Waals surface area contributed by atoms with Gasteiger partial charge in [-0.15, -0.1) is 36.2 Å². The number of carbonyl (C=O) groups excluding carboxylic acids is 1. The van der Waals surface area contributed by atoms with Crippen LogP contribution in [0, 0.1) is 11.8 Å². The van der Waals surface area contributed by atoms with Gasteiger partial charge in [0, 0.05) is 25.5 Å². The summed E-state index contributed by atoms with van der Waals surface area (Å²) in [6, 6.07) is 1.77. The number of rotatable bonds is 2. The third-order valence-electron chi connectivity index (χ3n) is 4.78. The Balaban J connectivity index is 0.00000113. The number of nitrogens with one attached hydrogen (secondary N) is 1. The number of halogens is 2. The Kier molecular flexibility index (Phi) is 7.13. The summed E-state index contributed by atoms with van der Waals surface area (Å²) in [7, 11) is 0. The molecule has 6 nitrogen and oxygen atoms in total. The van der Waals surface area contributed by atoms with E-state index in [-0.39, 0.29) is 30.7 Å². The van der Waals surface area contributed by atoms with Crippen molar-refractivity contribution < 1.29 is 4.79 Å². The lowest BCUT2D eigenvalue weighted by atomic mass is 9.92. The highest BCUT2D eigenvalue weighted by atomic mass is 35.5. The van der Waals surface area contributed by atoms with Gasteiger partial charge in [-0.1, -0.05) is 0 Å². The van der Waals surface area contributed by atoms with E-state index < -0.39 is 0 Å². The van der Waals surface area contributed by atoms with Crippen LogP contribution in [0.4, 0.5) is 0 Å². The molecule has 2 aromatic rings. The molecule has 4 rings (SSSR count). The summed E-state index contributed by atoms with van der Waals surface area (Å²) in [5, 5.41) is 4.16. The van der Waals surface area contributed by atoms with Crippen molar-refractivity contribution >= 4 is 42.1 Å². The van der Waals surface area contributed by atoms with Gasteiger partial charge in [0.1, 0.15) is 4.88 Å². The second-order valence-corrected chi connectivity index (χ2v) is 7.18.